The molecule has 0 atom stereocenters. The van der Waals surface area contributed by atoms with Gasteiger partial charge in [-0.2, -0.15) is 0 Å². The first-order valence-electron chi connectivity index (χ1n) is 11.3. The minimum atomic E-state index is -0.718. The van der Waals surface area contributed by atoms with E-state index in [0.29, 0.717) is 43.1 Å². The van der Waals surface area contributed by atoms with Crippen LogP contribution in [-0.2, 0) is 0 Å². The Balaban J connectivity index is 1.46. The Morgan fingerprint density at radius 1 is 0.829 bits per heavy atom. The first-order valence-corrected chi connectivity index (χ1v) is 11.3. The van der Waals surface area contributed by atoms with Gasteiger partial charge >= 0.3 is 0 Å². The molecule has 2 amide bonds. The third kappa shape index (κ3) is 4.23. The number of amides is 2. The van der Waals surface area contributed by atoms with E-state index in [9.17, 15) is 18.4 Å². The quantitative estimate of drug-likeness (QED) is 0.421. The van der Waals surface area contributed by atoms with Gasteiger partial charge in [0.15, 0.2) is 5.76 Å². The summed E-state index contributed by atoms with van der Waals surface area (Å²) in [7, 11) is 0. The highest BCUT2D eigenvalue weighted by Crippen LogP contribution is 2.31. The molecule has 0 unspecified atom stereocenters. The van der Waals surface area contributed by atoms with Crippen molar-refractivity contribution in [2.75, 3.05) is 26.2 Å². The Kier molecular flexibility index (Phi) is 5.94. The molecule has 6 nitrogen and oxygen atoms in total. The maximum absolute atomic E-state index is 14.8. The molecule has 178 valence electrons. The van der Waals surface area contributed by atoms with Crippen molar-refractivity contribution in [3.8, 4) is 16.9 Å². The molecule has 3 heterocycles. The fourth-order valence-electron chi connectivity index (χ4n) is 4.46. The van der Waals surface area contributed by atoms with E-state index in [-0.39, 0.29) is 23.3 Å². The number of benzene rings is 2. The molecule has 0 saturated carbocycles. The number of piperazine rings is 1. The maximum Gasteiger partial charge on any atom is 0.289 e. The first-order chi connectivity index (χ1) is 16.9. The number of nitrogens with zero attached hydrogens (tertiary/aromatic N) is 3. The van der Waals surface area contributed by atoms with E-state index in [4.69, 9.17) is 4.42 Å². The summed E-state index contributed by atoms with van der Waals surface area (Å²) in [6.45, 7) is 3.23. The minimum absolute atomic E-state index is 0.163. The number of halogens is 2. The van der Waals surface area contributed by atoms with Crippen LogP contribution in [0.2, 0.25) is 0 Å². The van der Waals surface area contributed by atoms with Gasteiger partial charge in [0.25, 0.3) is 11.8 Å². The third-order valence-corrected chi connectivity index (χ3v) is 6.28. The van der Waals surface area contributed by atoms with Crippen LogP contribution >= 0.6 is 0 Å². The van der Waals surface area contributed by atoms with E-state index in [1.54, 1.807) is 39.5 Å². The van der Waals surface area contributed by atoms with Gasteiger partial charge in [0.2, 0.25) is 0 Å². The minimum Gasteiger partial charge on any atom is -0.459 e. The van der Waals surface area contributed by atoms with E-state index in [2.05, 4.69) is 0 Å². The highest BCUT2D eigenvalue weighted by atomic mass is 19.1. The average molecular weight is 475 g/mol. The monoisotopic (exact) mass is 475 g/mol. The number of carbonyl (C=O) groups excluding carboxylic acids is 2. The summed E-state index contributed by atoms with van der Waals surface area (Å²) in [5.41, 5.74) is 2.57. The number of hydrogen-bond donors (Lipinski definition) is 0. The number of hydrogen-bond acceptors (Lipinski definition) is 3. The number of furan rings is 1. The van der Waals surface area contributed by atoms with E-state index >= 15 is 0 Å². The van der Waals surface area contributed by atoms with Crippen molar-refractivity contribution >= 4 is 11.8 Å². The molecule has 1 saturated heterocycles. The lowest BCUT2D eigenvalue weighted by Gasteiger charge is -2.34. The molecule has 8 heteroatoms. The average Bonchev–Trinajstić information content (AvgIpc) is 3.53. The fraction of sp³-hybridized carbons (Fsp3) is 0.185. The Hall–Kier alpha value is -4.20. The Labute approximate surface area is 201 Å². The Bertz CT molecular complexity index is 1370. The molecule has 1 fully saturated rings. The predicted octanol–water partition coefficient (Wildman–Crippen LogP) is 4.92. The van der Waals surface area contributed by atoms with Crippen molar-refractivity contribution in [1.29, 1.82) is 0 Å². The van der Waals surface area contributed by atoms with E-state index < -0.39 is 11.6 Å². The molecule has 5 rings (SSSR count). The topological polar surface area (TPSA) is 58.7 Å². The number of carbonyl (C=O) groups is 2. The molecule has 2 aromatic heterocycles. The zero-order chi connectivity index (χ0) is 24.5. The summed E-state index contributed by atoms with van der Waals surface area (Å²) in [4.78, 5) is 29.4. The van der Waals surface area contributed by atoms with Crippen molar-refractivity contribution < 1.29 is 22.8 Å². The largest absolute Gasteiger partial charge is 0.459 e. The highest BCUT2D eigenvalue weighted by molar-refractivity contribution is 5.98. The second-order valence-electron chi connectivity index (χ2n) is 8.39. The van der Waals surface area contributed by atoms with Crippen molar-refractivity contribution in [1.82, 2.24) is 14.4 Å². The lowest BCUT2D eigenvalue weighted by molar-refractivity contribution is 0.0517. The summed E-state index contributed by atoms with van der Waals surface area (Å²) in [5, 5.41) is 0. The molecule has 0 bridgehead atoms. The Morgan fingerprint density at radius 3 is 2.14 bits per heavy atom. The zero-order valence-electron chi connectivity index (χ0n) is 19.1. The van der Waals surface area contributed by atoms with Crippen LogP contribution in [0.1, 0.15) is 26.6 Å². The van der Waals surface area contributed by atoms with Crippen LogP contribution in [-0.4, -0.2) is 52.4 Å². The van der Waals surface area contributed by atoms with E-state index in [1.807, 2.05) is 30.3 Å². The van der Waals surface area contributed by atoms with Gasteiger partial charge in [0.05, 0.1) is 23.2 Å². The highest BCUT2D eigenvalue weighted by Gasteiger charge is 2.29. The normalized spacial score (nSPS) is 13.8. The van der Waals surface area contributed by atoms with Crippen LogP contribution in [0, 0.1) is 18.6 Å². The van der Waals surface area contributed by atoms with Crippen molar-refractivity contribution in [3.05, 3.63) is 102 Å². The molecule has 1 aliphatic rings. The van der Waals surface area contributed by atoms with Gasteiger partial charge in [0.1, 0.15) is 11.6 Å². The van der Waals surface area contributed by atoms with E-state index in [1.165, 1.54) is 18.4 Å². The van der Waals surface area contributed by atoms with Crippen molar-refractivity contribution in [3.63, 3.8) is 0 Å². The Morgan fingerprint density at radius 2 is 1.51 bits per heavy atom. The van der Waals surface area contributed by atoms with Crippen LogP contribution in [0.25, 0.3) is 16.9 Å². The van der Waals surface area contributed by atoms with Crippen LogP contribution in [0.5, 0.6) is 0 Å². The molecule has 0 N–H and O–H groups in total. The molecule has 35 heavy (non-hydrogen) atoms. The van der Waals surface area contributed by atoms with Crippen LogP contribution in [0.4, 0.5) is 8.78 Å². The molecule has 0 aliphatic carbocycles. The molecule has 0 spiro atoms. The van der Waals surface area contributed by atoms with Gasteiger partial charge in [-0.05, 0) is 42.8 Å². The summed E-state index contributed by atoms with van der Waals surface area (Å²) in [6, 6.07) is 17.8. The predicted molar refractivity (Wildman–Crippen MR) is 126 cm³/mol. The van der Waals surface area contributed by atoms with Crippen molar-refractivity contribution in [2.24, 2.45) is 0 Å². The molecule has 2 aromatic carbocycles. The lowest BCUT2D eigenvalue weighted by Crippen LogP contribution is -2.50. The van der Waals surface area contributed by atoms with Crippen LogP contribution < -0.4 is 0 Å². The summed E-state index contributed by atoms with van der Waals surface area (Å²) < 4.78 is 35.3. The summed E-state index contributed by atoms with van der Waals surface area (Å²) >= 11 is 0. The van der Waals surface area contributed by atoms with Gasteiger partial charge in [-0.1, -0.05) is 30.3 Å². The number of rotatable bonds is 4. The maximum atomic E-state index is 14.8. The molecule has 4 aromatic rings. The van der Waals surface area contributed by atoms with Crippen molar-refractivity contribution in [2.45, 2.75) is 6.92 Å². The summed E-state index contributed by atoms with van der Waals surface area (Å²) in [5.74, 6) is -1.53. The van der Waals surface area contributed by atoms with Gasteiger partial charge in [-0.3, -0.25) is 9.59 Å². The van der Waals surface area contributed by atoms with E-state index in [0.717, 1.165) is 11.6 Å². The fourth-order valence-corrected chi connectivity index (χ4v) is 4.46. The molecular formula is C27H23F2N3O3. The van der Waals surface area contributed by atoms with Crippen LogP contribution in [0.15, 0.2) is 77.4 Å². The standard InChI is InChI=1S/C27H23F2N3O3/c1-18-21(26(33)30-11-13-31(14-12-30)27(34)25-8-5-15-35-25)17-24(19-6-3-2-4-7-19)32(18)23-10-9-20(28)16-22(23)29/h2-10,15-17H,11-14H2,1H3. The lowest BCUT2D eigenvalue weighted by atomic mass is 10.1. The first kappa shape index (κ1) is 22.6. The zero-order valence-corrected chi connectivity index (χ0v) is 19.1. The van der Waals surface area contributed by atoms with Gasteiger partial charge < -0.3 is 18.8 Å². The van der Waals surface area contributed by atoms with Gasteiger partial charge in [0, 0.05) is 37.9 Å². The second kappa shape index (κ2) is 9.21. The van der Waals surface area contributed by atoms with Gasteiger partial charge in [-0.15, -0.1) is 0 Å². The van der Waals surface area contributed by atoms with Crippen LogP contribution in [0.3, 0.4) is 0 Å². The number of aromatic nitrogens is 1. The van der Waals surface area contributed by atoms with Gasteiger partial charge in [-0.25, -0.2) is 8.78 Å². The third-order valence-electron chi connectivity index (χ3n) is 6.28. The molecular weight excluding hydrogens is 452 g/mol. The second-order valence-corrected chi connectivity index (χ2v) is 8.39. The molecule has 0 radical (unpaired) electrons. The SMILES string of the molecule is Cc1c(C(=O)N2CCN(C(=O)c3ccco3)CC2)cc(-c2ccccc2)n1-c1ccc(F)cc1F. The summed E-state index contributed by atoms with van der Waals surface area (Å²) in [6.07, 6.45) is 1.45. The smallest absolute Gasteiger partial charge is 0.289 e. The molecule has 1 aliphatic heterocycles.